The average Bonchev–Trinajstić information content (AvgIpc) is 2.67. The Kier molecular flexibility index (Phi) is 5.26. The third-order valence-electron chi connectivity index (χ3n) is 4.94. The molecule has 1 aliphatic heterocycles. The molecule has 0 aromatic heterocycles. The van der Waals surface area contributed by atoms with Gasteiger partial charge in [0.05, 0.1) is 5.92 Å². The van der Waals surface area contributed by atoms with Gasteiger partial charge in [0, 0.05) is 44.0 Å². The quantitative estimate of drug-likeness (QED) is 0.921. The molecule has 5 nitrogen and oxygen atoms in total. The molecule has 2 aromatic rings. The number of primary amides is 1. The van der Waals surface area contributed by atoms with Crippen LogP contribution in [0.5, 0.6) is 0 Å². The summed E-state index contributed by atoms with van der Waals surface area (Å²) in [6.45, 7) is 1.09. The molecule has 1 aliphatic rings. The number of hydrogen-bond acceptors (Lipinski definition) is 3. The van der Waals surface area contributed by atoms with Crippen molar-refractivity contribution in [2.45, 2.75) is 12.8 Å². The van der Waals surface area contributed by atoms with E-state index in [0.29, 0.717) is 18.7 Å². The number of likely N-dealkylation sites (tertiary alicyclic amines) is 1. The zero-order valence-electron chi connectivity index (χ0n) is 15.3. The van der Waals surface area contributed by atoms with Crippen LogP contribution in [0.3, 0.4) is 0 Å². The van der Waals surface area contributed by atoms with Crippen molar-refractivity contribution in [2.75, 3.05) is 32.1 Å². The van der Waals surface area contributed by atoms with E-state index in [1.54, 1.807) is 4.90 Å². The Balaban J connectivity index is 1.80. The lowest BCUT2D eigenvalue weighted by molar-refractivity contribution is -0.123. The minimum absolute atomic E-state index is 0.0385. The summed E-state index contributed by atoms with van der Waals surface area (Å²) < 4.78 is 0. The number of rotatable bonds is 4. The van der Waals surface area contributed by atoms with Crippen molar-refractivity contribution in [1.82, 2.24) is 4.90 Å². The number of nitrogens with two attached hydrogens (primary N) is 1. The number of anilines is 1. The number of carbonyl (C=O) groups excluding carboxylic acids is 2. The number of piperidine rings is 1. The number of carbonyl (C=O) groups is 2. The van der Waals surface area contributed by atoms with Crippen molar-refractivity contribution in [3.63, 3.8) is 0 Å². The minimum atomic E-state index is -0.321. The Morgan fingerprint density at radius 2 is 1.77 bits per heavy atom. The maximum absolute atomic E-state index is 12.8. The van der Waals surface area contributed by atoms with E-state index in [-0.39, 0.29) is 17.7 Å². The lowest BCUT2D eigenvalue weighted by atomic mass is 9.96. The van der Waals surface area contributed by atoms with Gasteiger partial charge in [-0.15, -0.1) is 0 Å². The van der Waals surface area contributed by atoms with Crippen LogP contribution in [-0.4, -0.2) is 43.9 Å². The zero-order chi connectivity index (χ0) is 18.7. The van der Waals surface area contributed by atoms with Crippen molar-refractivity contribution in [3.8, 4) is 11.1 Å². The fourth-order valence-corrected chi connectivity index (χ4v) is 3.48. The molecule has 136 valence electrons. The van der Waals surface area contributed by atoms with Gasteiger partial charge in [0.1, 0.15) is 0 Å². The molecule has 0 radical (unpaired) electrons. The van der Waals surface area contributed by atoms with E-state index in [2.05, 4.69) is 17.0 Å². The molecule has 26 heavy (non-hydrogen) atoms. The van der Waals surface area contributed by atoms with E-state index in [9.17, 15) is 9.59 Å². The molecule has 0 unspecified atom stereocenters. The van der Waals surface area contributed by atoms with Gasteiger partial charge < -0.3 is 15.5 Å². The molecule has 0 saturated carbocycles. The van der Waals surface area contributed by atoms with Gasteiger partial charge >= 0.3 is 0 Å². The smallest absolute Gasteiger partial charge is 0.253 e. The van der Waals surface area contributed by atoms with Gasteiger partial charge in [-0.2, -0.15) is 0 Å². The van der Waals surface area contributed by atoms with Crippen molar-refractivity contribution < 1.29 is 9.59 Å². The summed E-state index contributed by atoms with van der Waals surface area (Å²) >= 11 is 0. The molecule has 3 rings (SSSR count). The maximum atomic E-state index is 12.8. The number of hydrogen-bond donors (Lipinski definition) is 1. The lowest BCUT2D eigenvalue weighted by Gasteiger charge is -2.31. The summed E-state index contributed by atoms with van der Waals surface area (Å²) in [6.07, 6.45) is 1.58. The van der Waals surface area contributed by atoms with Crippen LogP contribution in [0, 0.1) is 5.92 Å². The third-order valence-corrected chi connectivity index (χ3v) is 4.94. The van der Waals surface area contributed by atoms with Crippen LogP contribution < -0.4 is 10.6 Å². The predicted molar refractivity (Wildman–Crippen MR) is 104 cm³/mol. The first-order valence-corrected chi connectivity index (χ1v) is 8.92. The molecule has 0 spiro atoms. The fourth-order valence-electron chi connectivity index (χ4n) is 3.48. The molecular weight excluding hydrogens is 326 g/mol. The number of para-hydroxylation sites is 1. The van der Waals surface area contributed by atoms with Gasteiger partial charge in [-0.3, -0.25) is 9.59 Å². The number of benzene rings is 2. The van der Waals surface area contributed by atoms with Crippen LogP contribution in [0.1, 0.15) is 23.2 Å². The van der Waals surface area contributed by atoms with Crippen LogP contribution in [0.25, 0.3) is 11.1 Å². The number of nitrogens with zero attached hydrogens (tertiary/aromatic N) is 2. The second kappa shape index (κ2) is 7.60. The van der Waals surface area contributed by atoms with E-state index >= 15 is 0 Å². The Morgan fingerprint density at radius 3 is 2.42 bits per heavy atom. The van der Waals surface area contributed by atoms with E-state index < -0.39 is 0 Å². The van der Waals surface area contributed by atoms with Crippen LogP contribution in [0.2, 0.25) is 0 Å². The highest BCUT2D eigenvalue weighted by Crippen LogP contribution is 2.30. The minimum Gasteiger partial charge on any atom is -0.377 e. The first-order valence-electron chi connectivity index (χ1n) is 8.92. The summed E-state index contributed by atoms with van der Waals surface area (Å²) in [6, 6.07) is 15.9. The summed E-state index contributed by atoms with van der Waals surface area (Å²) in [5, 5.41) is 0. The third kappa shape index (κ3) is 3.72. The van der Waals surface area contributed by atoms with E-state index in [1.165, 1.54) is 0 Å². The van der Waals surface area contributed by atoms with Crippen molar-refractivity contribution in [3.05, 3.63) is 54.1 Å². The van der Waals surface area contributed by atoms with Crippen LogP contribution >= 0.6 is 0 Å². The monoisotopic (exact) mass is 351 g/mol. The highest BCUT2D eigenvalue weighted by Gasteiger charge is 2.27. The van der Waals surface area contributed by atoms with Gasteiger partial charge in [-0.1, -0.05) is 30.3 Å². The molecule has 2 aromatic carbocycles. The zero-order valence-corrected chi connectivity index (χ0v) is 15.3. The predicted octanol–water partition coefficient (Wildman–Crippen LogP) is 2.76. The van der Waals surface area contributed by atoms with Crippen molar-refractivity contribution in [2.24, 2.45) is 11.7 Å². The molecular formula is C21H25N3O2. The van der Waals surface area contributed by atoms with Crippen molar-refractivity contribution >= 4 is 17.5 Å². The molecule has 0 bridgehead atoms. The van der Waals surface area contributed by atoms with E-state index in [1.807, 2.05) is 50.5 Å². The normalized spacial score (nSPS) is 17.0. The first-order chi connectivity index (χ1) is 12.5. The molecule has 1 heterocycles. The van der Waals surface area contributed by atoms with E-state index in [0.717, 1.165) is 29.7 Å². The Hall–Kier alpha value is -2.82. The highest BCUT2D eigenvalue weighted by molar-refractivity contribution is 5.95. The lowest BCUT2D eigenvalue weighted by Crippen LogP contribution is -2.44. The molecule has 1 atom stereocenters. The maximum Gasteiger partial charge on any atom is 0.253 e. The SMILES string of the molecule is CN(C)c1ccccc1-c1ccc(C(=O)N2CCC[C@@H](C(N)=O)C2)cc1. The second-order valence-corrected chi connectivity index (χ2v) is 6.98. The largest absolute Gasteiger partial charge is 0.377 e. The molecule has 5 heteroatoms. The highest BCUT2D eigenvalue weighted by atomic mass is 16.2. The first kappa shape index (κ1) is 18.0. The van der Waals surface area contributed by atoms with Gasteiger partial charge in [-0.05, 0) is 36.6 Å². The molecule has 1 fully saturated rings. The Labute approximate surface area is 154 Å². The van der Waals surface area contributed by atoms with E-state index in [4.69, 9.17) is 5.73 Å². The topological polar surface area (TPSA) is 66.6 Å². The molecule has 2 N–H and O–H groups in total. The van der Waals surface area contributed by atoms with Crippen LogP contribution in [0.4, 0.5) is 5.69 Å². The second-order valence-electron chi connectivity index (χ2n) is 6.98. The summed E-state index contributed by atoms with van der Waals surface area (Å²) in [5.41, 5.74) is 9.38. The summed E-state index contributed by atoms with van der Waals surface area (Å²) in [5.74, 6) is -0.597. The molecule has 1 saturated heterocycles. The number of amides is 2. The van der Waals surface area contributed by atoms with Gasteiger partial charge in [0.2, 0.25) is 5.91 Å². The molecule has 2 amide bonds. The summed E-state index contributed by atoms with van der Waals surface area (Å²) in [4.78, 5) is 28.0. The summed E-state index contributed by atoms with van der Waals surface area (Å²) in [7, 11) is 4.03. The standard InChI is InChI=1S/C21H25N3O2/c1-23(2)19-8-4-3-7-18(19)15-9-11-16(12-10-15)21(26)24-13-5-6-17(14-24)20(22)25/h3-4,7-12,17H,5-6,13-14H2,1-2H3,(H2,22,25)/t17-/m1/s1. The van der Waals surface area contributed by atoms with Gasteiger partial charge in [-0.25, -0.2) is 0 Å². The van der Waals surface area contributed by atoms with Gasteiger partial charge in [0.15, 0.2) is 0 Å². The fraction of sp³-hybridized carbons (Fsp3) is 0.333. The average molecular weight is 351 g/mol. The van der Waals surface area contributed by atoms with Gasteiger partial charge in [0.25, 0.3) is 5.91 Å². The van der Waals surface area contributed by atoms with Crippen molar-refractivity contribution in [1.29, 1.82) is 0 Å². The van der Waals surface area contributed by atoms with Crippen LogP contribution in [-0.2, 0) is 4.79 Å². The Morgan fingerprint density at radius 1 is 1.08 bits per heavy atom. The Bertz CT molecular complexity index is 799. The van der Waals surface area contributed by atoms with Crippen LogP contribution in [0.15, 0.2) is 48.5 Å². The molecule has 0 aliphatic carbocycles.